The van der Waals surface area contributed by atoms with Gasteiger partial charge in [-0.05, 0) is 43.7 Å². The number of ether oxygens (including phenoxy) is 2. The first-order valence-electron chi connectivity index (χ1n) is 8.30. The van der Waals surface area contributed by atoms with Gasteiger partial charge >= 0.3 is 0 Å². The lowest BCUT2D eigenvalue weighted by Gasteiger charge is -2.44. The molecule has 1 unspecified atom stereocenters. The molecule has 0 aromatic heterocycles. The zero-order valence-corrected chi connectivity index (χ0v) is 13.2. The van der Waals surface area contributed by atoms with Crippen molar-refractivity contribution in [3.05, 3.63) is 23.8 Å². The van der Waals surface area contributed by atoms with Gasteiger partial charge in [-0.25, -0.2) is 0 Å². The Morgan fingerprint density at radius 2 is 2.05 bits per heavy atom. The molecule has 1 aliphatic carbocycles. The molecule has 0 radical (unpaired) electrons. The average Bonchev–Trinajstić information content (AvgIpc) is 2.45. The minimum atomic E-state index is -0.0265. The van der Waals surface area contributed by atoms with Crippen LogP contribution in [0, 0.1) is 5.92 Å². The summed E-state index contributed by atoms with van der Waals surface area (Å²) in [6.45, 7) is 5.03. The highest BCUT2D eigenvalue weighted by molar-refractivity contribution is 5.48. The third-order valence-corrected chi connectivity index (χ3v) is 4.65. The molecule has 3 heteroatoms. The second kappa shape index (κ2) is 5.88. The van der Waals surface area contributed by atoms with Gasteiger partial charge in [-0.2, -0.15) is 0 Å². The SMILES string of the molecule is CC(C)COc1cccc2c1C(N)CC1(CCCCC1)O2. The predicted octanol–water partition coefficient (Wildman–Crippen LogP) is 4.21. The molecule has 0 bridgehead atoms. The summed E-state index contributed by atoms with van der Waals surface area (Å²) in [6.07, 6.45) is 7.03. The van der Waals surface area contributed by atoms with Crippen molar-refractivity contribution in [2.24, 2.45) is 11.7 Å². The minimum Gasteiger partial charge on any atom is -0.493 e. The van der Waals surface area contributed by atoms with E-state index < -0.39 is 0 Å². The molecule has 1 aromatic rings. The van der Waals surface area contributed by atoms with Gasteiger partial charge in [0, 0.05) is 12.5 Å². The molecule has 3 nitrogen and oxygen atoms in total. The lowest BCUT2D eigenvalue weighted by atomic mass is 9.77. The van der Waals surface area contributed by atoms with E-state index in [1.807, 2.05) is 18.2 Å². The number of fused-ring (bicyclic) bond motifs is 1. The van der Waals surface area contributed by atoms with Crippen LogP contribution in [-0.2, 0) is 0 Å². The summed E-state index contributed by atoms with van der Waals surface area (Å²) in [5.74, 6) is 2.35. The molecule has 1 spiro atoms. The summed E-state index contributed by atoms with van der Waals surface area (Å²) in [5, 5.41) is 0. The van der Waals surface area contributed by atoms with Crippen molar-refractivity contribution in [2.45, 2.75) is 64.0 Å². The second-order valence-corrected chi connectivity index (χ2v) is 7.03. The van der Waals surface area contributed by atoms with Crippen LogP contribution in [-0.4, -0.2) is 12.2 Å². The Kier molecular flexibility index (Phi) is 4.12. The Labute approximate surface area is 127 Å². The maximum atomic E-state index is 6.50. The molecule has 1 heterocycles. The van der Waals surface area contributed by atoms with Crippen molar-refractivity contribution in [2.75, 3.05) is 6.61 Å². The van der Waals surface area contributed by atoms with Crippen molar-refractivity contribution >= 4 is 0 Å². The van der Waals surface area contributed by atoms with Crippen LogP contribution in [0.4, 0.5) is 0 Å². The Morgan fingerprint density at radius 1 is 1.29 bits per heavy atom. The van der Waals surface area contributed by atoms with E-state index in [4.69, 9.17) is 15.2 Å². The largest absolute Gasteiger partial charge is 0.493 e. The van der Waals surface area contributed by atoms with Crippen LogP contribution in [0.15, 0.2) is 18.2 Å². The summed E-state index contributed by atoms with van der Waals surface area (Å²) < 4.78 is 12.4. The predicted molar refractivity (Wildman–Crippen MR) is 84.8 cm³/mol. The van der Waals surface area contributed by atoms with Crippen molar-refractivity contribution in [1.29, 1.82) is 0 Å². The normalized spacial score (nSPS) is 23.7. The van der Waals surface area contributed by atoms with Crippen LogP contribution in [0.2, 0.25) is 0 Å². The molecule has 1 atom stereocenters. The smallest absolute Gasteiger partial charge is 0.128 e. The van der Waals surface area contributed by atoms with Crippen LogP contribution >= 0.6 is 0 Å². The molecule has 116 valence electrons. The van der Waals surface area contributed by atoms with E-state index >= 15 is 0 Å². The number of hydrogen-bond acceptors (Lipinski definition) is 3. The molecule has 3 rings (SSSR count). The van der Waals surface area contributed by atoms with E-state index in [1.165, 1.54) is 19.3 Å². The van der Waals surface area contributed by atoms with Crippen molar-refractivity contribution < 1.29 is 9.47 Å². The summed E-state index contributed by atoms with van der Waals surface area (Å²) in [4.78, 5) is 0. The highest BCUT2D eigenvalue weighted by atomic mass is 16.5. The van der Waals surface area contributed by atoms with E-state index in [9.17, 15) is 0 Å². The van der Waals surface area contributed by atoms with E-state index in [-0.39, 0.29) is 11.6 Å². The van der Waals surface area contributed by atoms with Crippen molar-refractivity contribution in [3.8, 4) is 11.5 Å². The van der Waals surface area contributed by atoms with Gasteiger partial charge < -0.3 is 15.2 Å². The van der Waals surface area contributed by atoms with E-state index in [1.54, 1.807) is 0 Å². The Bertz CT molecular complexity index is 492. The molecule has 0 saturated heterocycles. The summed E-state index contributed by atoms with van der Waals surface area (Å²) in [6, 6.07) is 6.11. The van der Waals surface area contributed by atoms with Crippen molar-refractivity contribution in [3.63, 3.8) is 0 Å². The third kappa shape index (κ3) is 3.03. The fourth-order valence-electron chi connectivity index (χ4n) is 3.64. The lowest BCUT2D eigenvalue weighted by molar-refractivity contribution is 0.00105. The first kappa shape index (κ1) is 14.7. The van der Waals surface area contributed by atoms with Gasteiger partial charge in [0.25, 0.3) is 0 Å². The van der Waals surface area contributed by atoms with Crippen LogP contribution < -0.4 is 15.2 Å². The lowest BCUT2D eigenvalue weighted by Crippen LogP contribution is -2.44. The standard InChI is InChI=1S/C18H27NO2/c1-13(2)12-20-15-7-6-8-16-17(15)14(19)11-18(21-16)9-4-3-5-10-18/h6-8,13-14H,3-5,9-12,19H2,1-2H3. The molecule has 1 fully saturated rings. The van der Waals surface area contributed by atoms with Gasteiger partial charge in [-0.1, -0.05) is 26.3 Å². The van der Waals surface area contributed by atoms with Crippen molar-refractivity contribution in [1.82, 2.24) is 0 Å². The van der Waals surface area contributed by atoms with Crippen LogP contribution in [0.5, 0.6) is 11.5 Å². The van der Waals surface area contributed by atoms with Gasteiger partial charge in [0.2, 0.25) is 0 Å². The minimum absolute atomic E-state index is 0.0233. The second-order valence-electron chi connectivity index (χ2n) is 7.03. The monoisotopic (exact) mass is 289 g/mol. The third-order valence-electron chi connectivity index (χ3n) is 4.65. The van der Waals surface area contributed by atoms with Gasteiger partial charge in [0.15, 0.2) is 0 Å². The van der Waals surface area contributed by atoms with Gasteiger partial charge in [-0.15, -0.1) is 0 Å². The highest BCUT2D eigenvalue weighted by Crippen LogP contribution is 2.48. The first-order valence-corrected chi connectivity index (χ1v) is 8.30. The van der Waals surface area contributed by atoms with E-state index in [0.29, 0.717) is 12.5 Å². The fraction of sp³-hybridized carbons (Fsp3) is 0.667. The molecule has 2 N–H and O–H groups in total. The van der Waals surface area contributed by atoms with E-state index in [2.05, 4.69) is 13.8 Å². The molecular formula is C18H27NO2. The summed E-state index contributed by atoms with van der Waals surface area (Å²) >= 11 is 0. The maximum absolute atomic E-state index is 6.50. The first-order chi connectivity index (χ1) is 10.1. The maximum Gasteiger partial charge on any atom is 0.128 e. The summed E-state index contributed by atoms with van der Waals surface area (Å²) in [7, 11) is 0. The topological polar surface area (TPSA) is 44.5 Å². The summed E-state index contributed by atoms with van der Waals surface area (Å²) in [5.41, 5.74) is 7.54. The Hall–Kier alpha value is -1.22. The number of nitrogens with two attached hydrogens (primary N) is 1. The van der Waals surface area contributed by atoms with Crippen LogP contribution in [0.25, 0.3) is 0 Å². The molecule has 1 saturated carbocycles. The molecule has 1 aromatic carbocycles. The van der Waals surface area contributed by atoms with Gasteiger partial charge in [0.1, 0.15) is 17.1 Å². The fourth-order valence-corrected chi connectivity index (χ4v) is 3.64. The van der Waals surface area contributed by atoms with Gasteiger partial charge in [0.05, 0.1) is 12.2 Å². The van der Waals surface area contributed by atoms with Crippen LogP contribution in [0.3, 0.4) is 0 Å². The zero-order valence-electron chi connectivity index (χ0n) is 13.2. The van der Waals surface area contributed by atoms with Crippen LogP contribution in [0.1, 0.15) is 64.0 Å². The molecule has 1 aliphatic heterocycles. The zero-order chi connectivity index (χ0) is 14.9. The molecule has 0 amide bonds. The van der Waals surface area contributed by atoms with Gasteiger partial charge in [-0.3, -0.25) is 0 Å². The Morgan fingerprint density at radius 3 is 2.76 bits per heavy atom. The molecule has 2 aliphatic rings. The quantitative estimate of drug-likeness (QED) is 0.906. The average molecular weight is 289 g/mol. The molecule has 21 heavy (non-hydrogen) atoms. The molecular weight excluding hydrogens is 262 g/mol. The number of benzene rings is 1. The number of hydrogen-bond donors (Lipinski definition) is 1. The Balaban J connectivity index is 1.86. The highest BCUT2D eigenvalue weighted by Gasteiger charge is 2.41. The van der Waals surface area contributed by atoms with E-state index in [0.717, 1.165) is 36.3 Å². The number of rotatable bonds is 3.